The number of aliphatic hydroxyl groups is 1. The molecule has 0 saturated heterocycles. The highest BCUT2D eigenvalue weighted by atomic mass is 19.3. The molecule has 8 heteroatoms. The van der Waals surface area contributed by atoms with E-state index in [0.717, 1.165) is 0 Å². The summed E-state index contributed by atoms with van der Waals surface area (Å²) in [5, 5.41) is 14.9. The smallest absolute Gasteiger partial charge is 0.407 e. The maximum atomic E-state index is 14.8. The number of ether oxygens (including phenoxy) is 1. The molecule has 0 aliphatic carbocycles. The molecule has 2 amide bonds. The van der Waals surface area contributed by atoms with Gasteiger partial charge in [0.25, 0.3) is 5.91 Å². The summed E-state index contributed by atoms with van der Waals surface area (Å²) in [5.74, 6) is -5.78. The first-order valence-electron chi connectivity index (χ1n) is 9.90. The van der Waals surface area contributed by atoms with Gasteiger partial charge in [0.2, 0.25) is 0 Å². The molecule has 0 aromatic heterocycles. The number of nitrogens with one attached hydrogen (secondary N) is 2. The second kappa shape index (κ2) is 10.3. The van der Waals surface area contributed by atoms with Gasteiger partial charge in [-0.05, 0) is 38.3 Å². The van der Waals surface area contributed by atoms with Crippen molar-refractivity contribution in [2.24, 2.45) is 0 Å². The zero-order chi connectivity index (χ0) is 23.1. The SMILES string of the molecule is CC(C)(C)OC(=O)NC(Cc1ccccc1)C(O)C(F)(F)C(=O)NCc1ccccc1. The summed E-state index contributed by atoms with van der Waals surface area (Å²) in [7, 11) is 0. The summed E-state index contributed by atoms with van der Waals surface area (Å²) in [6, 6.07) is 15.6. The molecule has 31 heavy (non-hydrogen) atoms. The molecule has 2 unspecified atom stereocenters. The van der Waals surface area contributed by atoms with Crippen LogP contribution in [-0.4, -0.2) is 40.8 Å². The first-order valence-corrected chi connectivity index (χ1v) is 9.90. The van der Waals surface area contributed by atoms with Crippen LogP contribution in [0.3, 0.4) is 0 Å². The van der Waals surface area contributed by atoms with Crippen LogP contribution in [-0.2, 0) is 22.5 Å². The Hall–Kier alpha value is -3.00. The highest BCUT2D eigenvalue weighted by Crippen LogP contribution is 2.24. The van der Waals surface area contributed by atoms with Gasteiger partial charge in [-0.15, -0.1) is 0 Å². The summed E-state index contributed by atoms with van der Waals surface area (Å²) in [6.07, 6.45) is -3.56. The molecule has 0 spiro atoms. The zero-order valence-electron chi connectivity index (χ0n) is 17.8. The summed E-state index contributed by atoms with van der Waals surface area (Å²) >= 11 is 0. The fourth-order valence-corrected chi connectivity index (χ4v) is 2.85. The lowest BCUT2D eigenvalue weighted by Crippen LogP contribution is -2.58. The van der Waals surface area contributed by atoms with E-state index >= 15 is 0 Å². The van der Waals surface area contributed by atoms with Crippen LogP contribution in [0.2, 0.25) is 0 Å². The minimum absolute atomic E-state index is 0.120. The molecule has 2 rings (SSSR count). The van der Waals surface area contributed by atoms with Crippen molar-refractivity contribution >= 4 is 12.0 Å². The van der Waals surface area contributed by atoms with Crippen LogP contribution >= 0.6 is 0 Å². The lowest BCUT2D eigenvalue weighted by atomic mass is 9.96. The summed E-state index contributed by atoms with van der Waals surface area (Å²) < 4.78 is 34.7. The number of hydrogen-bond donors (Lipinski definition) is 3. The molecule has 0 saturated carbocycles. The van der Waals surface area contributed by atoms with Crippen molar-refractivity contribution in [1.82, 2.24) is 10.6 Å². The Morgan fingerprint density at radius 3 is 2.00 bits per heavy atom. The average molecular weight is 434 g/mol. The molecule has 0 fully saturated rings. The van der Waals surface area contributed by atoms with Crippen LogP contribution in [0.4, 0.5) is 13.6 Å². The van der Waals surface area contributed by atoms with E-state index < -0.39 is 35.7 Å². The van der Waals surface area contributed by atoms with E-state index in [2.05, 4.69) is 10.6 Å². The van der Waals surface area contributed by atoms with Gasteiger partial charge in [0.1, 0.15) is 11.7 Å². The minimum atomic E-state index is -4.15. The molecule has 6 nitrogen and oxygen atoms in total. The minimum Gasteiger partial charge on any atom is -0.444 e. The number of rotatable bonds is 8. The number of amides is 2. The molecule has 0 heterocycles. The molecular formula is C23H28F2N2O4. The Morgan fingerprint density at radius 2 is 1.48 bits per heavy atom. The molecule has 0 bridgehead atoms. The lowest BCUT2D eigenvalue weighted by Gasteiger charge is -2.30. The number of carbonyl (C=O) groups is 2. The number of hydrogen-bond acceptors (Lipinski definition) is 4. The zero-order valence-corrected chi connectivity index (χ0v) is 17.8. The van der Waals surface area contributed by atoms with Crippen molar-refractivity contribution in [2.75, 3.05) is 0 Å². The van der Waals surface area contributed by atoms with Crippen molar-refractivity contribution in [3.8, 4) is 0 Å². The third-order valence-corrected chi connectivity index (χ3v) is 4.35. The Labute approximate surface area is 180 Å². The Bertz CT molecular complexity index is 855. The normalized spacial score (nSPS) is 13.7. The van der Waals surface area contributed by atoms with Crippen molar-refractivity contribution in [1.29, 1.82) is 0 Å². The standard InChI is InChI=1S/C23H28F2N2O4/c1-22(2,3)31-21(30)27-18(14-16-10-6-4-7-11-16)19(28)23(24,25)20(29)26-15-17-12-8-5-9-13-17/h4-13,18-19,28H,14-15H2,1-3H3,(H,26,29)(H,27,30). The average Bonchev–Trinajstić information content (AvgIpc) is 2.71. The van der Waals surface area contributed by atoms with Gasteiger partial charge in [-0.2, -0.15) is 8.78 Å². The molecule has 0 aliphatic heterocycles. The largest absolute Gasteiger partial charge is 0.444 e. The van der Waals surface area contributed by atoms with Crippen LogP contribution in [0.15, 0.2) is 60.7 Å². The van der Waals surface area contributed by atoms with Crippen molar-refractivity contribution in [3.63, 3.8) is 0 Å². The second-order valence-corrected chi connectivity index (χ2v) is 8.18. The summed E-state index contributed by atoms with van der Waals surface area (Å²) in [4.78, 5) is 24.4. The number of benzene rings is 2. The predicted molar refractivity (Wildman–Crippen MR) is 113 cm³/mol. The highest BCUT2D eigenvalue weighted by molar-refractivity contribution is 5.84. The molecule has 2 aromatic rings. The molecule has 0 aliphatic rings. The van der Waals surface area contributed by atoms with E-state index in [-0.39, 0.29) is 13.0 Å². The maximum absolute atomic E-state index is 14.8. The van der Waals surface area contributed by atoms with Crippen molar-refractivity contribution in [3.05, 3.63) is 71.8 Å². The first kappa shape index (κ1) is 24.3. The van der Waals surface area contributed by atoms with E-state index in [0.29, 0.717) is 11.1 Å². The van der Waals surface area contributed by atoms with Crippen molar-refractivity contribution in [2.45, 2.75) is 57.4 Å². The molecule has 2 atom stereocenters. The Morgan fingerprint density at radius 1 is 0.968 bits per heavy atom. The van der Waals surface area contributed by atoms with Gasteiger partial charge in [0.05, 0.1) is 6.04 Å². The Kier molecular flexibility index (Phi) is 8.10. The van der Waals surface area contributed by atoms with E-state index in [1.165, 1.54) is 0 Å². The van der Waals surface area contributed by atoms with Crippen LogP contribution in [0.25, 0.3) is 0 Å². The van der Waals surface area contributed by atoms with E-state index in [9.17, 15) is 23.5 Å². The quantitative estimate of drug-likeness (QED) is 0.594. The van der Waals surface area contributed by atoms with Crippen LogP contribution in [0, 0.1) is 0 Å². The number of carbonyl (C=O) groups excluding carboxylic acids is 2. The predicted octanol–water partition coefficient (Wildman–Crippen LogP) is 3.44. The third-order valence-electron chi connectivity index (χ3n) is 4.35. The topological polar surface area (TPSA) is 87.7 Å². The van der Waals surface area contributed by atoms with Crippen LogP contribution < -0.4 is 10.6 Å². The van der Waals surface area contributed by atoms with Gasteiger partial charge in [-0.3, -0.25) is 4.79 Å². The fraction of sp³-hybridized carbons (Fsp3) is 0.391. The molecular weight excluding hydrogens is 406 g/mol. The number of halogens is 2. The van der Waals surface area contributed by atoms with Gasteiger partial charge in [0, 0.05) is 6.54 Å². The number of alkyl carbamates (subject to hydrolysis) is 1. The Balaban J connectivity index is 2.15. The number of aliphatic hydroxyl groups excluding tert-OH is 1. The second-order valence-electron chi connectivity index (χ2n) is 8.18. The summed E-state index contributed by atoms with van der Waals surface area (Å²) in [6.45, 7) is 4.76. The monoisotopic (exact) mass is 434 g/mol. The third kappa shape index (κ3) is 7.64. The molecule has 3 N–H and O–H groups in total. The van der Waals surface area contributed by atoms with Crippen molar-refractivity contribution < 1.29 is 28.2 Å². The first-order chi connectivity index (χ1) is 14.5. The maximum Gasteiger partial charge on any atom is 0.407 e. The fourth-order valence-electron chi connectivity index (χ4n) is 2.85. The lowest BCUT2D eigenvalue weighted by molar-refractivity contribution is -0.167. The van der Waals surface area contributed by atoms with Crippen LogP contribution in [0.5, 0.6) is 0 Å². The van der Waals surface area contributed by atoms with Gasteiger partial charge in [-0.25, -0.2) is 4.79 Å². The van der Waals surface area contributed by atoms with Crippen LogP contribution in [0.1, 0.15) is 31.9 Å². The molecule has 0 radical (unpaired) electrons. The van der Waals surface area contributed by atoms with Gasteiger partial charge in [-0.1, -0.05) is 60.7 Å². The highest BCUT2D eigenvalue weighted by Gasteiger charge is 2.50. The molecule has 2 aromatic carbocycles. The van der Waals surface area contributed by atoms with Gasteiger partial charge in [0.15, 0.2) is 0 Å². The van der Waals surface area contributed by atoms with Gasteiger partial charge >= 0.3 is 12.0 Å². The van der Waals surface area contributed by atoms with E-state index in [4.69, 9.17) is 4.74 Å². The van der Waals surface area contributed by atoms with E-state index in [1.807, 2.05) is 0 Å². The van der Waals surface area contributed by atoms with E-state index in [1.54, 1.807) is 81.4 Å². The number of alkyl halides is 2. The molecule has 168 valence electrons. The van der Waals surface area contributed by atoms with Gasteiger partial charge < -0.3 is 20.5 Å². The summed E-state index contributed by atoms with van der Waals surface area (Å²) in [5.41, 5.74) is 0.374.